The summed E-state index contributed by atoms with van der Waals surface area (Å²) in [6.07, 6.45) is 9.60. The van der Waals surface area contributed by atoms with Gasteiger partial charge in [-0.2, -0.15) is 40.7 Å². The molecule has 116 heavy (non-hydrogen) atoms. The topological polar surface area (TPSA) is 313 Å². The van der Waals surface area contributed by atoms with Gasteiger partial charge in [0.2, 0.25) is 10.0 Å². The van der Waals surface area contributed by atoms with E-state index >= 15 is 0 Å². The molecule has 38 heteroatoms. The van der Waals surface area contributed by atoms with Crippen LogP contribution in [-0.4, -0.2) is 209 Å². The summed E-state index contributed by atoms with van der Waals surface area (Å²) in [4.78, 5) is 44.0. The molecule has 0 unspecified atom stereocenters. The average Bonchev–Trinajstić information content (AvgIpc) is 1.61. The van der Waals surface area contributed by atoms with Gasteiger partial charge in [-0.3, -0.25) is 14.4 Å². The van der Waals surface area contributed by atoms with E-state index in [1.54, 1.807) is 80.1 Å². The molecule has 6 atom stereocenters. The summed E-state index contributed by atoms with van der Waals surface area (Å²) in [6.45, 7) is 9.97. The van der Waals surface area contributed by atoms with Crippen molar-refractivity contribution in [2.45, 2.75) is 145 Å². The number of benzene rings is 3. The molecule has 6 fully saturated rings. The summed E-state index contributed by atoms with van der Waals surface area (Å²) in [5, 5.41) is 12.5. The van der Waals surface area contributed by atoms with Gasteiger partial charge in [0.05, 0.1) is 114 Å². The number of carbonyl (C=O) groups is 3. The number of hydrogen-bond donors (Lipinski definition) is 3. The zero-order valence-electron chi connectivity index (χ0n) is 64.8. The molecule has 6 saturated heterocycles. The highest BCUT2D eigenvalue weighted by Crippen LogP contribution is 2.46. The van der Waals surface area contributed by atoms with E-state index in [2.05, 4.69) is 20.0 Å². The molecule has 0 spiro atoms. The van der Waals surface area contributed by atoms with E-state index in [1.165, 1.54) is 110 Å². The van der Waals surface area contributed by atoms with Crippen molar-refractivity contribution in [3.05, 3.63) is 179 Å². The SMILES string of the molecule is CC(C)(C)S(=O)(=O)NC(=O)c1cnn2ccc(N3C[C@@H](F)C[C@@H]3c3cc(F)ccc3OC3CCOCC3)cc12.CCN(C)S(=O)(=O)NC(=O)c1cnn2ccc(N3C[C@@H](F)C[C@@H]3c3cc(F)ccc3OC3CCOCC3)cc12.CN(C)S(=O)(=O)NC(=O)c1cnn2ccc(N3C[C@@H](F)C[C@@H]3c3cc(F)ccc3OC3CCOCC3)cc12. The van der Waals surface area contributed by atoms with Crippen LogP contribution in [0.1, 0.15) is 151 Å². The Bertz CT molecular complexity index is 5430. The number of fused-ring (bicyclic) bond motifs is 3. The van der Waals surface area contributed by atoms with E-state index in [1.807, 2.05) is 24.1 Å². The third kappa shape index (κ3) is 19.1. The lowest BCUT2D eigenvalue weighted by Crippen LogP contribution is -2.42. The molecule has 0 bridgehead atoms. The Kier molecular flexibility index (Phi) is 25.5. The van der Waals surface area contributed by atoms with Crippen LogP contribution in [0.25, 0.3) is 16.6 Å². The molecule has 3 amide bonds. The van der Waals surface area contributed by atoms with Crippen LogP contribution in [0.15, 0.2) is 128 Å². The molecule has 0 aliphatic carbocycles. The number of pyridine rings is 3. The van der Waals surface area contributed by atoms with E-state index in [0.29, 0.717) is 146 Å². The molecule has 3 N–H and O–H groups in total. The lowest BCUT2D eigenvalue weighted by atomic mass is 10.0. The second-order valence-corrected chi connectivity index (χ2v) is 36.4. The van der Waals surface area contributed by atoms with Crippen molar-refractivity contribution in [1.29, 1.82) is 0 Å². The maximum absolute atomic E-state index is 14.9. The number of alkyl halides is 3. The number of amides is 3. The normalized spacial score (nSPS) is 20.8. The van der Waals surface area contributed by atoms with Gasteiger partial charge in [-0.25, -0.2) is 62.5 Å². The minimum atomic E-state index is -4.02. The van der Waals surface area contributed by atoms with E-state index in [4.69, 9.17) is 28.4 Å². The Balaban J connectivity index is 0.000000151. The quantitative estimate of drug-likeness (QED) is 0.0563. The smallest absolute Gasteiger partial charge is 0.303 e. The van der Waals surface area contributed by atoms with E-state index < -0.39 is 107 Å². The molecule has 6 aromatic heterocycles. The van der Waals surface area contributed by atoms with Crippen LogP contribution in [0, 0.1) is 17.5 Å². The molecular weight excluding hydrogens is 1580 g/mol. The van der Waals surface area contributed by atoms with Crippen molar-refractivity contribution in [1.82, 2.24) is 51.6 Å². The summed E-state index contributed by atoms with van der Waals surface area (Å²) in [5.41, 5.74) is 4.57. The highest BCUT2D eigenvalue weighted by molar-refractivity contribution is 7.91. The largest absolute Gasteiger partial charge is 0.490 e. The fourth-order valence-electron chi connectivity index (χ4n) is 14.7. The first-order valence-electron chi connectivity index (χ1n) is 38.1. The number of carbonyl (C=O) groups excluding carboxylic acids is 3. The number of rotatable bonds is 21. The van der Waals surface area contributed by atoms with Crippen LogP contribution in [0.3, 0.4) is 0 Å². The van der Waals surface area contributed by atoms with Gasteiger partial charge in [-0.15, -0.1) is 0 Å². The first kappa shape index (κ1) is 84.1. The number of hydrogen-bond acceptors (Lipinski definition) is 21. The fraction of sp³-hybridized carbons (Fsp3) is 0.462. The maximum atomic E-state index is 14.9. The van der Waals surface area contributed by atoms with E-state index in [0.717, 1.165) is 8.61 Å². The lowest BCUT2D eigenvalue weighted by molar-refractivity contribution is 0.0248. The zero-order chi connectivity index (χ0) is 82.7. The molecule has 624 valence electrons. The predicted molar refractivity (Wildman–Crippen MR) is 418 cm³/mol. The minimum absolute atomic E-state index is 0.0408. The third-order valence-corrected chi connectivity index (χ3v) is 26.2. The zero-order valence-corrected chi connectivity index (χ0v) is 67.2. The summed E-state index contributed by atoms with van der Waals surface area (Å²) in [5.74, 6) is -2.32. The molecule has 29 nitrogen and oxygen atoms in total. The van der Waals surface area contributed by atoms with Crippen molar-refractivity contribution in [3.8, 4) is 17.2 Å². The van der Waals surface area contributed by atoms with Crippen LogP contribution < -0.4 is 43.1 Å². The van der Waals surface area contributed by atoms with Crippen molar-refractivity contribution in [3.63, 3.8) is 0 Å². The Labute approximate surface area is 667 Å². The van der Waals surface area contributed by atoms with Crippen LogP contribution in [0.4, 0.5) is 43.4 Å². The van der Waals surface area contributed by atoms with E-state index in [9.17, 15) is 66.0 Å². The van der Waals surface area contributed by atoms with Gasteiger partial charge in [0.25, 0.3) is 17.7 Å². The van der Waals surface area contributed by atoms with Gasteiger partial charge in [0.15, 0.2) is 0 Å². The molecule has 3 aromatic carbocycles. The number of ether oxygens (including phenoxy) is 6. The number of nitrogens with one attached hydrogen (secondary N) is 3. The van der Waals surface area contributed by atoms with Crippen molar-refractivity contribution in [2.75, 3.05) is 102 Å². The highest BCUT2D eigenvalue weighted by Gasteiger charge is 2.41. The van der Waals surface area contributed by atoms with Gasteiger partial charge in [0, 0.05) is 157 Å². The third-order valence-electron chi connectivity index (χ3n) is 21.2. The molecular formula is C78H92F6N14O15S3. The molecule has 6 aliphatic rings. The second kappa shape index (κ2) is 35.2. The van der Waals surface area contributed by atoms with Crippen LogP contribution in [-0.2, 0) is 44.7 Å². The standard InChI is InChI=1S/C27H32F2N4O5S.C26H31F2N5O5S.C25H29F2N5O5S/c1-27(2,3)39(35,36)31-26(34)22-15-30-33-9-6-19(14-24(22)33)32-16-18(29)13-23(32)21-12-17(28)4-5-25(21)38-20-7-10-37-11-8-20;1-3-31(2)39(35,36)30-26(34)22-15-29-33-9-6-19(14-24(22)33)32-16-18(28)13-23(32)21-12-17(27)4-5-25(21)38-20-7-10-37-11-8-20;1-30(2)38(34,35)29-25(33)21-14-28-32-8-5-18(13-23(21)32)31-15-17(27)12-22(31)20-11-16(26)3-4-24(20)37-19-6-9-36-10-7-19/h4-6,9,12,14-15,18,20,23H,7-8,10-11,13,16H2,1-3H3,(H,31,34);4-6,9,12,14-15,18,20,23H,3,7-8,10-11,13,16H2,1-2H3,(H,30,34);3-5,8,11,13-14,17,19,22H,6-7,9-10,12,15H2,1-2H3,(H,29,33)/t2*18-,23+;17-,22+/m000/s1. The van der Waals surface area contributed by atoms with Gasteiger partial charge in [-0.1, -0.05) is 6.92 Å². The van der Waals surface area contributed by atoms with Crippen LogP contribution in [0.2, 0.25) is 0 Å². The van der Waals surface area contributed by atoms with Crippen molar-refractivity contribution < 1.29 is 94.4 Å². The maximum Gasteiger partial charge on any atom is 0.303 e. The summed E-state index contributed by atoms with van der Waals surface area (Å²) < 4.78 is 208. The number of nitrogens with zero attached hydrogens (tertiary/aromatic N) is 11. The monoisotopic (exact) mass is 1670 g/mol. The Morgan fingerprint density at radius 3 is 1.06 bits per heavy atom. The van der Waals surface area contributed by atoms with Gasteiger partial charge < -0.3 is 43.1 Å². The Morgan fingerprint density at radius 1 is 0.466 bits per heavy atom. The van der Waals surface area contributed by atoms with Gasteiger partial charge >= 0.3 is 20.4 Å². The molecule has 9 aromatic rings. The molecule has 15 rings (SSSR count). The predicted octanol–water partition coefficient (Wildman–Crippen LogP) is 10.3. The Hall–Kier alpha value is -9.83. The van der Waals surface area contributed by atoms with Crippen LogP contribution in [0.5, 0.6) is 17.2 Å². The minimum Gasteiger partial charge on any atom is -0.490 e. The molecule has 0 radical (unpaired) electrons. The Morgan fingerprint density at radius 2 is 0.767 bits per heavy atom. The second-order valence-electron chi connectivity index (χ2n) is 30.3. The summed E-state index contributed by atoms with van der Waals surface area (Å²) in [6, 6.07) is 21.5. The van der Waals surface area contributed by atoms with Gasteiger partial charge in [0.1, 0.15) is 71.5 Å². The molecule has 0 saturated carbocycles. The lowest BCUT2D eigenvalue weighted by Gasteiger charge is -2.30. The number of aromatic nitrogens is 6. The summed E-state index contributed by atoms with van der Waals surface area (Å²) in [7, 11) is -8.02. The highest BCUT2D eigenvalue weighted by atomic mass is 32.2. The molecule has 12 heterocycles. The first-order valence-corrected chi connectivity index (χ1v) is 42.4. The van der Waals surface area contributed by atoms with Crippen molar-refractivity contribution in [2.24, 2.45) is 0 Å². The molecule has 6 aliphatic heterocycles. The first-order chi connectivity index (χ1) is 55.2. The van der Waals surface area contributed by atoms with Crippen LogP contribution >= 0.6 is 0 Å². The van der Waals surface area contributed by atoms with Gasteiger partial charge in [-0.05, 0) is 112 Å². The fourth-order valence-corrected chi connectivity index (χ4v) is 16.7. The number of halogens is 6. The van der Waals surface area contributed by atoms with E-state index in [-0.39, 0.29) is 80.4 Å². The van der Waals surface area contributed by atoms with Crippen molar-refractivity contribution >= 4 is 81.8 Å². The average molecular weight is 1680 g/mol. The summed E-state index contributed by atoms with van der Waals surface area (Å²) >= 11 is 0. The number of sulfonamides is 1. The number of anilines is 3.